The van der Waals surface area contributed by atoms with Gasteiger partial charge >= 0.3 is 0 Å². The van der Waals surface area contributed by atoms with Gasteiger partial charge in [-0.2, -0.15) is 0 Å². The highest BCUT2D eigenvalue weighted by Crippen LogP contribution is 2.03. The lowest BCUT2D eigenvalue weighted by molar-refractivity contribution is 0.0823. The fourth-order valence-electron chi connectivity index (χ4n) is 0. The summed E-state index contributed by atoms with van der Waals surface area (Å²) in [7, 11) is 0. The Hall–Kier alpha value is 0.270. The lowest BCUT2D eigenvalue weighted by Gasteiger charge is -2.07. The number of rotatable bonds is 1. The molecule has 1 unspecified atom stereocenters. The lowest BCUT2D eigenvalue weighted by atomic mass is 10.4. The molecule has 0 bridgehead atoms. The molecule has 0 aromatic heterocycles. The molecule has 2 nitrogen and oxygen atoms in total. The summed E-state index contributed by atoms with van der Waals surface area (Å²) in [5.41, 5.74) is 0. The van der Waals surface area contributed by atoms with Gasteiger partial charge in [0.15, 0.2) is 0 Å². The van der Waals surface area contributed by atoms with E-state index >= 15 is 0 Å². The van der Waals surface area contributed by atoms with Gasteiger partial charge in [-0.15, -0.1) is 0 Å². The van der Waals surface area contributed by atoms with E-state index in [1.165, 1.54) is 6.92 Å². The molecule has 1 radical (unpaired) electrons. The Morgan fingerprint density at radius 1 is 1.83 bits per heavy atom. The Morgan fingerprint density at radius 2 is 2.00 bits per heavy atom. The van der Waals surface area contributed by atoms with Gasteiger partial charge in [0.25, 0.3) is 0 Å². The second kappa shape index (κ2) is 1.82. The van der Waals surface area contributed by atoms with Crippen LogP contribution in [0.25, 0.3) is 0 Å². The van der Waals surface area contributed by atoms with Crippen LogP contribution >= 0.6 is 12.6 Å². The first kappa shape index (κ1) is 6.27. The lowest BCUT2D eigenvalue weighted by Crippen LogP contribution is -2.19. The van der Waals surface area contributed by atoms with E-state index < -0.39 is 4.93 Å². The molecule has 2 N–H and O–H groups in total. The molecule has 0 aliphatic rings. The first-order chi connectivity index (χ1) is 2.56. The molecule has 0 saturated heterocycles. The maximum atomic E-state index is 8.39. The van der Waals surface area contributed by atoms with E-state index in [1.54, 1.807) is 0 Å². The fraction of sp³-hybridized carbons (Fsp3) is 1.00. The van der Waals surface area contributed by atoms with Crippen LogP contribution in [-0.2, 0) is 0 Å². The SMILES string of the molecule is CC(O)([S])CO. The van der Waals surface area contributed by atoms with Crippen LogP contribution in [0.2, 0.25) is 0 Å². The van der Waals surface area contributed by atoms with Crippen molar-refractivity contribution in [3.8, 4) is 0 Å². The predicted octanol–water partition coefficient (Wildman–Crippen LogP) is -0.115. The number of hydrogen-bond donors (Lipinski definition) is 2. The normalized spacial score (nSPS) is 20.0. The molecule has 0 fully saturated rings. The van der Waals surface area contributed by atoms with Gasteiger partial charge in [0.05, 0.1) is 6.61 Å². The third-order valence-corrected chi connectivity index (χ3v) is 0.422. The van der Waals surface area contributed by atoms with Crippen LogP contribution < -0.4 is 0 Å². The average molecular weight is 107 g/mol. The van der Waals surface area contributed by atoms with Crippen LogP contribution in [0.5, 0.6) is 0 Å². The first-order valence-corrected chi connectivity index (χ1v) is 2.01. The molecule has 0 aliphatic carbocycles. The van der Waals surface area contributed by atoms with Crippen molar-refractivity contribution in [2.24, 2.45) is 0 Å². The van der Waals surface area contributed by atoms with Crippen LogP contribution in [0.1, 0.15) is 6.92 Å². The number of aliphatic hydroxyl groups is 2. The summed E-state index contributed by atoms with van der Waals surface area (Å²) < 4.78 is 0. The van der Waals surface area contributed by atoms with Gasteiger partial charge in [-0.3, -0.25) is 0 Å². The van der Waals surface area contributed by atoms with Crippen molar-refractivity contribution < 1.29 is 10.2 Å². The van der Waals surface area contributed by atoms with Gasteiger partial charge in [-0.25, -0.2) is 0 Å². The Labute approximate surface area is 42.2 Å². The highest BCUT2D eigenvalue weighted by Gasteiger charge is 2.10. The molecule has 0 aromatic rings. The molecule has 0 heterocycles. The van der Waals surface area contributed by atoms with Gasteiger partial charge in [0, 0.05) is 0 Å². The van der Waals surface area contributed by atoms with Crippen molar-refractivity contribution in [1.29, 1.82) is 0 Å². The number of aliphatic hydroxyl groups excluding tert-OH is 1. The van der Waals surface area contributed by atoms with E-state index in [0.29, 0.717) is 0 Å². The van der Waals surface area contributed by atoms with Crippen LogP contribution in [0.15, 0.2) is 0 Å². The van der Waals surface area contributed by atoms with E-state index in [-0.39, 0.29) is 6.61 Å². The Kier molecular flexibility index (Phi) is 1.90. The fourth-order valence-corrected chi connectivity index (χ4v) is 0. The highest BCUT2D eigenvalue weighted by molar-refractivity contribution is 7.81. The zero-order valence-corrected chi connectivity index (χ0v) is 4.33. The summed E-state index contributed by atoms with van der Waals surface area (Å²) in [5.74, 6) is 0. The molecule has 0 saturated carbocycles. The van der Waals surface area contributed by atoms with E-state index in [9.17, 15) is 0 Å². The van der Waals surface area contributed by atoms with Crippen molar-refractivity contribution in [2.75, 3.05) is 6.61 Å². The monoisotopic (exact) mass is 107 g/mol. The van der Waals surface area contributed by atoms with Gasteiger partial charge < -0.3 is 10.2 Å². The maximum absolute atomic E-state index is 8.39. The highest BCUT2D eigenvalue weighted by atomic mass is 32.1. The van der Waals surface area contributed by atoms with Crippen LogP contribution in [-0.4, -0.2) is 21.8 Å². The molecule has 1 atom stereocenters. The molecule has 6 heavy (non-hydrogen) atoms. The standard InChI is InChI=1S/C3H7O2S/c1-3(5,6)2-4/h4-5H,2H2,1H3. The van der Waals surface area contributed by atoms with Crippen LogP contribution in [0.4, 0.5) is 0 Å². The summed E-state index contributed by atoms with van der Waals surface area (Å²) in [6, 6.07) is 0. The quantitative estimate of drug-likeness (QED) is 0.490. The van der Waals surface area contributed by atoms with Crippen molar-refractivity contribution in [3.63, 3.8) is 0 Å². The summed E-state index contributed by atoms with van der Waals surface area (Å²) in [6.07, 6.45) is 0. The van der Waals surface area contributed by atoms with E-state index in [1.807, 2.05) is 0 Å². The van der Waals surface area contributed by atoms with Gasteiger partial charge in [-0.1, -0.05) is 12.6 Å². The zero-order chi connectivity index (χ0) is 5.21. The Bertz CT molecular complexity index is 38.5. The van der Waals surface area contributed by atoms with E-state index in [0.717, 1.165) is 0 Å². The van der Waals surface area contributed by atoms with E-state index in [2.05, 4.69) is 12.6 Å². The molecule has 0 spiro atoms. The molecular formula is C3H7O2S. The molecule has 0 amide bonds. The molecule has 0 aliphatic heterocycles. The third-order valence-electron chi connectivity index (χ3n) is 0.293. The minimum absolute atomic E-state index is 0.359. The number of hydrogen-bond acceptors (Lipinski definition) is 2. The average Bonchev–Trinajstić information content (AvgIpc) is 1.35. The predicted molar refractivity (Wildman–Crippen MR) is 25.3 cm³/mol. The van der Waals surface area contributed by atoms with Crippen LogP contribution in [0, 0.1) is 0 Å². The van der Waals surface area contributed by atoms with Crippen molar-refractivity contribution >= 4 is 12.6 Å². The summed E-state index contributed by atoms with van der Waals surface area (Å²) in [6.45, 7) is 1.00. The largest absolute Gasteiger partial charge is 0.392 e. The van der Waals surface area contributed by atoms with Gasteiger partial charge in [-0.05, 0) is 6.92 Å². The molecule has 37 valence electrons. The molecule has 0 rings (SSSR count). The van der Waals surface area contributed by atoms with Crippen molar-refractivity contribution in [1.82, 2.24) is 0 Å². The smallest absolute Gasteiger partial charge is 0.140 e. The third kappa shape index (κ3) is 4.27. The van der Waals surface area contributed by atoms with Crippen LogP contribution in [0.3, 0.4) is 0 Å². The molecular weight excluding hydrogens is 100 g/mol. The minimum Gasteiger partial charge on any atom is -0.392 e. The molecule has 3 heteroatoms. The van der Waals surface area contributed by atoms with E-state index in [4.69, 9.17) is 10.2 Å². The van der Waals surface area contributed by atoms with Gasteiger partial charge in [0.1, 0.15) is 4.93 Å². The topological polar surface area (TPSA) is 40.5 Å². The zero-order valence-electron chi connectivity index (χ0n) is 3.51. The molecule has 0 aromatic carbocycles. The van der Waals surface area contributed by atoms with Crippen molar-refractivity contribution in [3.05, 3.63) is 0 Å². The maximum Gasteiger partial charge on any atom is 0.140 e. The van der Waals surface area contributed by atoms with Crippen molar-refractivity contribution in [2.45, 2.75) is 11.9 Å². The second-order valence-corrected chi connectivity index (χ2v) is 2.21. The Balaban J connectivity index is 3.17. The van der Waals surface area contributed by atoms with Gasteiger partial charge in [0.2, 0.25) is 0 Å². The summed E-state index contributed by atoms with van der Waals surface area (Å²) >= 11 is 4.29. The second-order valence-electron chi connectivity index (χ2n) is 1.33. The summed E-state index contributed by atoms with van der Waals surface area (Å²) in [4.78, 5) is -1.32. The summed E-state index contributed by atoms with van der Waals surface area (Å²) in [5, 5.41) is 16.4. The first-order valence-electron chi connectivity index (χ1n) is 1.60. The minimum atomic E-state index is -1.32. The Morgan fingerprint density at radius 3 is 2.00 bits per heavy atom.